The minimum Gasteiger partial charge on any atom is -0.457 e. The number of rotatable bonds is 7. The van der Waals surface area contributed by atoms with Crippen LogP contribution in [0.3, 0.4) is 0 Å². The third kappa shape index (κ3) is 5.47. The first-order valence-corrected chi connectivity index (χ1v) is 8.96. The Morgan fingerprint density at radius 1 is 0.867 bits per heavy atom. The van der Waals surface area contributed by atoms with Crippen molar-refractivity contribution in [2.75, 3.05) is 10.6 Å². The molecular weight excluding hydrogens is 380 g/mol. The Morgan fingerprint density at radius 2 is 1.47 bits per heavy atom. The zero-order valence-electron chi connectivity index (χ0n) is 15.8. The van der Waals surface area contributed by atoms with Gasteiger partial charge in [0.15, 0.2) is 0 Å². The fourth-order valence-corrected chi connectivity index (χ4v) is 2.46. The zero-order valence-corrected chi connectivity index (χ0v) is 15.8. The quantitative estimate of drug-likeness (QED) is 0.410. The highest BCUT2D eigenvalue weighted by atomic mass is 16.5. The van der Waals surface area contributed by atoms with Gasteiger partial charge in [-0.05, 0) is 60.7 Å². The van der Waals surface area contributed by atoms with Crippen LogP contribution in [0.25, 0.3) is 0 Å². The molecule has 0 unspecified atom stereocenters. The number of carbonyl (C=O) groups excluding carboxylic acids is 2. The lowest BCUT2D eigenvalue weighted by atomic mass is 10.2. The van der Waals surface area contributed by atoms with Crippen LogP contribution in [0.2, 0.25) is 0 Å². The molecule has 0 radical (unpaired) electrons. The Morgan fingerprint density at radius 3 is 2.07 bits per heavy atom. The van der Waals surface area contributed by atoms with Gasteiger partial charge in [-0.2, -0.15) is 5.26 Å². The molecule has 0 saturated carbocycles. The normalized spacial score (nSPS) is 10.6. The van der Waals surface area contributed by atoms with E-state index in [1.165, 1.54) is 6.20 Å². The second kappa shape index (κ2) is 9.57. The smallest absolute Gasteiger partial charge is 0.267 e. The van der Waals surface area contributed by atoms with Crippen LogP contribution in [0.1, 0.15) is 10.4 Å². The topological polar surface area (TPSA) is 117 Å². The van der Waals surface area contributed by atoms with Crippen LogP contribution in [0.15, 0.2) is 90.6 Å². The first kappa shape index (κ1) is 20.2. The average Bonchev–Trinajstić information content (AvgIpc) is 2.76. The molecule has 0 aromatic heterocycles. The summed E-state index contributed by atoms with van der Waals surface area (Å²) in [7, 11) is 0. The van der Waals surface area contributed by atoms with Crippen molar-refractivity contribution in [3.63, 3.8) is 0 Å². The summed E-state index contributed by atoms with van der Waals surface area (Å²) in [5.74, 6) is 0.236. The molecule has 2 amide bonds. The number of carbonyl (C=O) groups is 2. The highest BCUT2D eigenvalue weighted by Gasteiger charge is 2.10. The van der Waals surface area contributed by atoms with Gasteiger partial charge in [-0.3, -0.25) is 9.59 Å². The minimum atomic E-state index is -0.560. The molecule has 148 valence electrons. The SMILES string of the molecule is N#C/C(=C/Nc1ccc(C(N)=O)cc1)C(=O)Nc1ccc(Oc2ccccc2)cc1. The van der Waals surface area contributed by atoms with Crippen molar-refractivity contribution in [2.45, 2.75) is 0 Å². The Balaban J connectivity index is 1.61. The van der Waals surface area contributed by atoms with Gasteiger partial charge in [0.2, 0.25) is 5.91 Å². The molecule has 0 aliphatic heterocycles. The number of benzene rings is 3. The molecule has 0 spiro atoms. The highest BCUT2D eigenvalue weighted by Crippen LogP contribution is 2.22. The molecule has 3 rings (SSSR count). The van der Waals surface area contributed by atoms with Crippen LogP contribution in [0, 0.1) is 11.3 Å². The third-order valence-electron chi connectivity index (χ3n) is 4.01. The first-order chi connectivity index (χ1) is 14.5. The van der Waals surface area contributed by atoms with E-state index in [2.05, 4.69) is 10.6 Å². The molecular formula is C23H18N4O3. The van der Waals surface area contributed by atoms with Crippen molar-refractivity contribution in [1.29, 1.82) is 5.26 Å². The summed E-state index contributed by atoms with van der Waals surface area (Å²) in [5.41, 5.74) is 6.56. The predicted octanol–water partition coefficient (Wildman–Crippen LogP) is 4.04. The summed E-state index contributed by atoms with van der Waals surface area (Å²) in [6.07, 6.45) is 1.29. The van der Waals surface area contributed by atoms with E-state index in [1.54, 1.807) is 48.5 Å². The number of nitrogens with one attached hydrogen (secondary N) is 2. The Hall–Kier alpha value is -4.57. The fourth-order valence-electron chi connectivity index (χ4n) is 2.46. The van der Waals surface area contributed by atoms with E-state index < -0.39 is 11.8 Å². The number of hydrogen-bond acceptors (Lipinski definition) is 5. The molecule has 7 heteroatoms. The highest BCUT2D eigenvalue weighted by molar-refractivity contribution is 6.06. The lowest BCUT2D eigenvalue weighted by Crippen LogP contribution is -2.14. The molecule has 0 aliphatic rings. The summed E-state index contributed by atoms with van der Waals surface area (Å²) in [5, 5.41) is 14.8. The number of nitrogens with zero attached hydrogens (tertiary/aromatic N) is 1. The minimum absolute atomic E-state index is 0.112. The summed E-state index contributed by atoms with van der Waals surface area (Å²) in [6, 6.07) is 24.3. The number of ether oxygens (including phenoxy) is 1. The van der Waals surface area contributed by atoms with Gasteiger partial charge in [0.05, 0.1) is 0 Å². The number of nitrogens with two attached hydrogens (primary N) is 1. The van der Waals surface area contributed by atoms with Gasteiger partial charge in [-0.1, -0.05) is 18.2 Å². The lowest BCUT2D eigenvalue weighted by Gasteiger charge is -2.08. The lowest BCUT2D eigenvalue weighted by molar-refractivity contribution is -0.112. The first-order valence-electron chi connectivity index (χ1n) is 8.96. The van der Waals surface area contributed by atoms with E-state index >= 15 is 0 Å². The van der Waals surface area contributed by atoms with Crippen molar-refractivity contribution in [3.05, 3.63) is 96.2 Å². The monoisotopic (exact) mass is 398 g/mol. The molecule has 0 bridgehead atoms. The number of amides is 2. The van der Waals surface area contributed by atoms with Crippen molar-refractivity contribution >= 4 is 23.2 Å². The second-order valence-corrected chi connectivity index (χ2v) is 6.15. The summed E-state index contributed by atoms with van der Waals surface area (Å²) in [4.78, 5) is 23.4. The van der Waals surface area contributed by atoms with Crippen LogP contribution in [0.5, 0.6) is 11.5 Å². The summed E-state index contributed by atoms with van der Waals surface area (Å²) >= 11 is 0. The van der Waals surface area contributed by atoms with Gasteiger partial charge in [0, 0.05) is 23.1 Å². The molecule has 0 atom stereocenters. The second-order valence-electron chi connectivity index (χ2n) is 6.15. The van der Waals surface area contributed by atoms with E-state index in [-0.39, 0.29) is 5.57 Å². The van der Waals surface area contributed by atoms with Gasteiger partial charge in [0.1, 0.15) is 23.1 Å². The molecule has 0 fully saturated rings. The number of para-hydroxylation sites is 1. The third-order valence-corrected chi connectivity index (χ3v) is 4.01. The molecule has 4 N–H and O–H groups in total. The van der Waals surface area contributed by atoms with Gasteiger partial charge >= 0.3 is 0 Å². The fraction of sp³-hybridized carbons (Fsp3) is 0. The van der Waals surface area contributed by atoms with E-state index in [0.29, 0.717) is 28.4 Å². The summed E-state index contributed by atoms with van der Waals surface area (Å²) in [6.45, 7) is 0. The average molecular weight is 398 g/mol. The zero-order chi connectivity index (χ0) is 21.3. The molecule has 0 heterocycles. The van der Waals surface area contributed by atoms with E-state index in [4.69, 9.17) is 10.5 Å². The largest absolute Gasteiger partial charge is 0.457 e. The predicted molar refractivity (Wildman–Crippen MR) is 114 cm³/mol. The van der Waals surface area contributed by atoms with Crippen LogP contribution in [-0.2, 0) is 4.79 Å². The number of anilines is 2. The molecule has 3 aromatic carbocycles. The molecule has 7 nitrogen and oxygen atoms in total. The Labute approximate surface area is 173 Å². The summed E-state index contributed by atoms with van der Waals surface area (Å²) < 4.78 is 5.70. The molecule has 3 aromatic rings. The molecule has 30 heavy (non-hydrogen) atoms. The Kier molecular flexibility index (Phi) is 6.44. The van der Waals surface area contributed by atoms with E-state index in [1.807, 2.05) is 36.4 Å². The molecule has 0 aliphatic carbocycles. The van der Waals surface area contributed by atoms with Gasteiger partial charge in [-0.25, -0.2) is 0 Å². The Bertz CT molecular complexity index is 1100. The maximum Gasteiger partial charge on any atom is 0.267 e. The maximum atomic E-state index is 12.3. The van der Waals surface area contributed by atoms with Crippen molar-refractivity contribution < 1.29 is 14.3 Å². The van der Waals surface area contributed by atoms with Gasteiger partial charge in [-0.15, -0.1) is 0 Å². The molecule has 0 saturated heterocycles. The van der Waals surface area contributed by atoms with Gasteiger partial charge in [0.25, 0.3) is 5.91 Å². The van der Waals surface area contributed by atoms with Crippen LogP contribution in [0.4, 0.5) is 11.4 Å². The van der Waals surface area contributed by atoms with Crippen LogP contribution in [-0.4, -0.2) is 11.8 Å². The standard InChI is InChI=1S/C23H18N4O3/c24-14-17(15-26-18-8-6-16(7-9-18)22(25)28)23(29)27-19-10-12-21(13-11-19)30-20-4-2-1-3-5-20/h1-13,15,26H,(H2,25,28)(H,27,29)/b17-15-. The number of primary amides is 1. The van der Waals surface area contributed by atoms with Crippen molar-refractivity contribution in [1.82, 2.24) is 0 Å². The van der Waals surface area contributed by atoms with Crippen molar-refractivity contribution in [3.8, 4) is 17.6 Å². The maximum absolute atomic E-state index is 12.3. The van der Waals surface area contributed by atoms with Crippen molar-refractivity contribution in [2.24, 2.45) is 5.73 Å². The van der Waals surface area contributed by atoms with Crippen LogP contribution < -0.4 is 21.1 Å². The van der Waals surface area contributed by atoms with E-state index in [0.717, 1.165) is 0 Å². The van der Waals surface area contributed by atoms with E-state index in [9.17, 15) is 14.9 Å². The van der Waals surface area contributed by atoms with Gasteiger partial charge < -0.3 is 21.1 Å². The number of nitriles is 1. The number of hydrogen-bond donors (Lipinski definition) is 3. The van der Waals surface area contributed by atoms with Crippen LogP contribution >= 0.6 is 0 Å².